The first kappa shape index (κ1) is 18.8. The van der Waals surface area contributed by atoms with E-state index in [0.29, 0.717) is 38.2 Å². The molecule has 1 aromatic carbocycles. The number of para-hydroxylation sites is 1. The third kappa shape index (κ3) is 5.20. The zero-order valence-electron chi connectivity index (χ0n) is 14.7. The lowest BCUT2D eigenvalue weighted by Gasteiger charge is -2.31. The molecule has 25 heavy (non-hydrogen) atoms. The molecule has 136 valence electrons. The predicted molar refractivity (Wildman–Crippen MR) is 94.2 cm³/mol. The summed E-state index contributed by atoms with van der Waals surface area (Å²) in [6.45, 7) is 5.10. The highest BCUT2D eigenvalue weighted by atomic mass is 16.6. The van der Waals surface area contributed by atoms with Gasteiger partial charge in [-0.25, -0.2) is 4.79 Å². The lowest BCUT2D eigenvalue weighted by Crippen LogP contribution is -2.49. The minimum atomic E-state index is -0.672. The molecule has 2 rings (SSSR count). The first-order chi connectivity index (χ1) is 12.0. The summed E-state index contributed by atoms with van der Waals surface area (Å²) in [5.41, 5.74) is 1.63. The zero-order chi connectivity index (χ0) is 18.2. The number of ether oxygens (including phenoxy) is 1. The molecular weight excluding hydrogens is 322 g/mol. The van der Waals surface area contributed by atoms with Crippen molar-refractivity contribution < 1.29 is 19.1 Å². The highest BCUT2D eigenvalue weighted by Crippen LogP contribution is 2.15. The number of piperidine rings is 1. The second kappa shape index (κ2) is 9.05. The van der Waals surface area contributed by atoms with Crippen molar-refractivity contribution in [3.05, 3.63) is 29.8 Å². The Morgan fingerprint density at radius 3 is 2.44 bits per heavy atom. The third-order valence-corrected chi connectivity index (χ3v) is 4.21. The van der Waals surface area contributed by atoms with Gasteiger partial charge in [-0.05, 0) is 37.8 Å². The monoisotopic (exact) mass is 347 g/mol. The van der Waals surface area contributed by atoms with Gasteiger partial charge in [-0.3, -0.25) is 9.59 Å². The second-order valence-electron chi connectivity index (χ2n) is 5.90. The molecule has 0 radical (unpaired) electrons. The maximum absolute atomic E-state index is 12.1. The molecule has 1 heterocycles. The topological polar surface area (TPSA) is 87.7 Å². The quantitative estimate of drug-likeness (QED) is 0.815. The van der Waals surface area contributed by atoms with Gasteiger partial charge in [0.1, 0.15) is 0 Å². The van der Waals surface area contributed by atoms with Crippen LogP contribution in [0.25, 0.3) is 0 Å². The molecule has 0 spiro atoms. The Hall–Kier alpha value is -2.57. The van der Waals surface area contributed by atoms with E-state index in [9.17, 15) is 14.4 Å². The number of aryl methyl sites for hydroxylation is 1. The van der Waals surface area contributed by atoms with Crippen molar-refractivity contribution in [3.8, 4) is 0 Å². The fourth-order valence-corrected chi connectivity index (χ4v) is 2.80. The molecule has 0 saturated carbocycles. The standard InChI is InChI=1S/C18H25N3O4/c1-3-13-7-5-6-8-15(13)20-17(23)16(22)19-14-9-11-21(12-10-14)18(24)25-4-2/h5-8,14H,3-4,9-12H2,1-2H3,(H,19,22)(H,20,23). The average Bonchev–Trinajstić information content (AvgIpc) is 2.63. The Labute approximate surface area is 147 Å². The molecule has 0 bridgehead atoms. The van der Waals surface area contributed by atoms with E-state index < -0.39 is 11.8 Å². The number of amides is 3. The number of anilines is 1. The number of likely N-dealkylation sites (tertiary alicyclic amines) is 1. The minimum absolute atomic E-state index is 0.120. The summed E-state index contributed by atoms with van der Waals surface area (Å²) in [5, 5.41) is 5.40. The van der Waals surface area contributed by atoms with E-state index in [2.05, 4.69) is 10.6 Å². The SMILES string of the molecule is CCOC(=O)N1CCC(NC(=O)C(=O)Nc2ccccc2CC)CC1. The number of hydrogen-bond acceptors (Lipinski definition) is 4. The lowest BCUT2D eigenvalue weighted by atomic mass is 10.1. The van der Waals surface area contributed by atoms with Gasteiger partial charge in [-0.2, -0.15) is 0 Å². The maximum Gasteiger partial charge on any atom is 0.409 e. The number of nitrogens with one attached hydrogen (secondary N) is 2. The van der Waals surface area contributed by atoms with Gasteiger partial charge in [0.05, 0.1) is 6.61 Å². The first-order valence-electron chi connectivity index (χ1n) is 8.66. The van der Waals surface area contributed by atoms with Gasteiger partial charge in [0, 0.05) is 24.8 Å². The Bertz CT molecular complexity index is 625. The molecule has 0 atom stereocenters. The van der Waals surface area contributed by atoms with Crippen LogP contribution in [0.3, 0.4) is 0 Å². The minimum Gasteiger partial charge on any atom is -0.450 e. The largest absolute Gasteiger partial charge is 0.450 e. The first-order valence-corrected chi connectivity index (χ1v) is 8.66. The normalized spacial score (nSPS) is 14.7. The highest BCUT2D eigenvalue weighted by Gasteiger charge is 2.26. The average molecular weight is 347 g/mol. The predicted octanol–water partition coefficient (Wildman–Crippen LogP) is 1.92. The Morgan fingerprint density at radius 1 is 1.12 bits per heavy atom. The third-order valence-electron chi connectivity index (χ3n) is 4.21. The van der Waals surface area contributed by atoms with Crippen LogP contribution in [0.15, 0.2) is 24.3 Å². The van der Waals surface area contributed by atoms with E-state index in [4.69, 9.17) is 4.74 Å². The molecule has 3 amide bonds. The van der Waals surface area contributed by atoms with Crippen LogP contribution >= 0.6 is 0 Å². The fraction of sp³-hybridized carbons (Fsp3) is 0.500. The summed E-state index contributed by atoms with van der Waals surface area (Å²) in [6, 6.07) is 7.29. The summed E-state index contributed by atoms with van der Waals surface area (Å²) < 4.78 is 4.96. The molecule has 1 saturated heterocycles. The van der Waals surface area contributed by atoms with Crippen molar-refractivity contribution >= 4 is 23.6 Å². The van der Waals surface area contributed by atoms with Gasteiger partial charge in [0.15, 0.2) is 0 Å². The van der Waals surface area contributed by atoms with Crippen LogP contribution in [0.2, 0.25) is 0 Å². The van der Waals surface area contributed by atoms with Crippen molar-refractivity contribution in [2.75, 3.05) is 25.0 Å². The second-order valence-corrected chi connectivity index (χ2v) is 5.90. The van der Waals surface area contributed by atoms with Crippen LogP contribution in [0.5, 0.6) is 0 Å². The van der Waals surface area contributed by atoms with E-state index in [0.717, 1.165) is 12.0 Å². The van der Waals surface area contributed by atoms with E-state index >= 15 is 0 Å². The highest BCUT2D eigenvalue weighted by molar-refractivity contribution is 6.39. The molecule has 7 heteroatoms. The van der Waals surface area contributed by atoms with Crippen LogP contribution in [0.1, 0.15) is 32.3 Å². The van der Waals surface area contributed by atoms with Gasteiger partial charge < -0.3 is 20.3 Å². The van der Waals surface area contributed by atoms with E-state index in [-0.39, 0.29) is 12.1 Å². The van der Waals surface area contributed by atoms with E-state index in [1.807, 2.05) is 25.1 Å². The van der Waals surface area contributed by atoms with Gasteiger partial charge in [0.25, 0.3) is 0 Å². The number of rotatable bonds is 4. The lowest BCUT2D eigenvalue weighted by molar-refractivity contribution is -0.136. The summed E-state index contributed by atoms with van der Waals surface area (Å²) in [7, 11) is 0. The summed E-state index contributed by atoms with van der Waals surface area (Å²) >= 11 is 0. The van der Waals surface area contributed by atoms with Crippen molar-refractivity contribution in [2.24, 2.45) is 0 Å². The molecule has 1 fully saturated rings. The number of benzene rings is 1. The molecule has 0 aromatic heterocycles. The Kier molecular flexibility index (Phi) is 6.80. The smallest absolute Gasteiger partial charge is 0.409 e. The zero-order valence-corrected chi connectivity index (χ0v) is 14.7. The number of hydrogen-bond donors (Lipinski definition) is 2. The van der Waals surface area contributed by atoms with Crippen LogP contribution < -0.4 is 10.6 Å². The van der Waals surface area contributed by atoms with Crippen molar-refractivity contribution in [1.82, 2.24) is 10.2 Å². The van der Waals surface area contributed by atoms with Crippen LogP contribution in [-0.4, -0.2) is 48.5 Å². The molecule has 0 unspecified atom stereocenters. The van der Waals surface area contributed by atoms with Gasteiger partial charge >= 0.3 is 17.9 Å². The number of carbonyl (C=O) groups excluding carboxylic acids is 3. The number of carbonyl (C=O) groups is 3. The van der Waals surface area contributed by atoms with E-state index in [1.54, 1.807) is 17.9 Å². The fourth-order valence-electron chi connectivity index (χ4n) is 2.80. The van der Waals surface area contributed by atoms with Crippen LogP contribution in [0.4, 0.5) is 10.5 Å². The van der Waals surface area contributed by atoms with Crippen LogP contribution in [0, 0.1) is 0 Å². The van der Waals surface area contributed by atoms with E-state index in [1.165, 1.54) is 0 Å². The van der Waals surface area contributed by atoms with Gasteiger partial charge in [-0.1, -0.05) is 25.1 Å². The molecule has 1 aliphatic heterocycles. The van der Waals surface area contributed by atoms with Gasteiger partial charge in [0.2, 0.25) is 0 Å². The molecule has 1 aliphatic rings. The molecule has 7 nitrogen and oxygen atoms in total. The number of nitrogens with zero attached hydrogens (tertiary/aromatic N) is 1. The van der Waals surface area contributed by atoms with Crippen molar-refractivity contribution in [1.29, 1.82) is 0 Å². The molecular formula is C18H25N3O4. The van der Waals surface area contributed by atoms with Crippen molar-refractivity contribution in [2.45, 2.75) is 39.2 Å². The maximum atomic E-state index is 12.1. The van der Waals surface area contributed by atoms with Gasteiger partial charge in [-0.15, -0.1) is 0 Å². The summed E-state index contributed by atoms with van der Waals surface area (Å²) in [5.74, 6) is -1.32. The van der Waals surface area contributed by atoms with Crippen molar-refractivity contribution in [3.63, 3.8) is 0 Å². The summed E-state index contributed by atoms with van der Waals surface area (Å²) in [4.78, 5) is 37.5. The Morgan fingerprint density at radius 2 is 1.80 bits per heavy atom. The molecule has 1 aromatic rings. The Balaban J connectivity index is 1.82. The molecule has 2 N–H and O–H groups in total. The summed E-state index contributed by atoms with van der Waals surface area (Å²) in [6.07, 6.45) is 1.64. The van der Waals surface area contributed by atoms with Crippen LogP contribution in [-0.2, 0) is 20.7 Å². The molecule has 0 aliphatic carbocycles.